The van der Waals surface area contributed by atoms with Gasteiger partial charge >= 0.3 is 0 Å². The molecule has 1 aromatic heterocycles. The van der Waals surface area contributed by atoms with Crippen molar-refractivity contribution in [2.24, 2.45) is 4.99 Å². The van der Waals surface area contributed by atoms with Crippen LogP contribution >= 0.6 is 15.9 Å². The van der Waals surface area contributed by atoms with Crippen LogP contribution in [0.2, 0.25) is 0 Å². The lowest BCUT2D eigenvalue weighted by Gasteiger charge is -2.09. The molecule has 0 saturated carbocycles. The lowest BCUT2D eigenvalue weighted by molar-refractivity contribution is -0.114. The number of fused-ring (bicyclic) bond motifs is 1. The summed E-state index contributed by atoms with van der Waals surface area (Å²) in [6.45, 7) is 0.109. The van der Waals surface area contributed by atoms with Crippen LogP contribution in [0.25, 0.3) is 0 Å². The Hall–Kier alpha value is -2.01. The van der Waals surface area contributed by atoms with Crippen LogP contribution in [0.3, 0.4) is 0 Å². The SMILES string of the molecule is O=C1CN=C(c2ccccn2)[13c]2[13cH][13c](Br)[13cH][13cH][13c]2N1. The third-order valence-electron chi connectivity index (χ3n) is 2.80. The van der Waals surface area contributed by atoms with Crippen molar-refractivity contribution in [3.63, 3.8) is 0 Å². The monoisotopic (exact) mass is 321 g/mol. The van der Waals surface area contributed by atoms with Gasteiger partial charge in [0, 0.05) is 16.2 Å². The van der Waals surface area contributed by atoms with Crippen LogP contribution in [0.5, 0.6) is 0 Å². The Bertz CT molecular complexity index is 668. The quantitative estimate of drug-likeness (QED) is 0.877. The van der Waals surface area contributed by atoms with Gasteiger partial charge in [0.15, 0.2) is 0 Å². The van der Waals surface area contributed by atoms with E-state index in [0.717, 1.165) is 27.1 Å². The zero-order valence-corrected chi connectivity index (χ0v) is 11.5. The molecule has 0 bridgehead atoms. The number of benzene rings is 1. The predicted molar refractivity (Wildman–Crippen MR) is 77.5 cm³/mol. The van der Waals surface area contributed by atoms with Crippen LogP contribution in [0.4, 0.5) is 5.69 Å². The van der Waals surface area contributed by atoms with Crippen molar-refractivity contribution in [2.45, 2.75) is 0 Å². The second kappa shape index (κ2) is 4.93. The van der Waals surface area contributed by atoms with E-state index in [-0.39, 0.29) is 12.5 Å². The van der Waals surface area contributed by atoms with Gasteiger partial charge in [0.25, 0.3) is 0 Å². The highest BCUT2D eigenvalue weighted by atomic mass is 79.9. The van der Waals surface area contributed by atoms with Crippen molar-refractivity contribution in [1.82, 2.24) is 4.98 Å². The maximum absolute atomic E-state index is 11.7. The number of benzodiazepines with no additional fused rings is 1. The van der Waals surface area contributed by atoms with Gasteiger partial charge in [0.2, 0.25) is 5.91 Å². The fourth-order valence-electron chi connectivity index (χ4n) is 1.97. The Balaban J connectivity index is 2.20. The number of rotatable bonds is 1. The van der Waals surface area contributed by atoms with E-state index in [4.69, 9.17) is 0 Å². The van der Waals surface area contributed by atoms with Crippen molar-refractivity contribution in [3.05, 3.63) is 58.3 Å². The van der Waals surface area contributed by atoms with E-state index >= 15 is 0 Å². The molecule has 0 unspecified atom stereocenters. The maximum Gasteiger partial charge on any atom is 0.246 e. The molecule has 4 nitrogen and oxygen atoms in total. The molecule has 0 spiro atoms. The minimum absolute atomic E-state index is 0.109. The summed E-state index contributed by atoms with van der Waals surface area (Å²) in [7, 11) is 0. The van der Waals surface area contributed by atoms with Crippen LogP contribution < -0.4 is 5.32 Å². The van der Waals surface area contributed by atoms with Gasteiger partial charge in [-0.1, -0.05) is 22.0 Å². The number of nitrogens with zero attached hydrogens (tertiary/aromatic N) is 2. The molecule has 5 heteroatoms. The van der Waals surface area contributed by atoms with Gasteiger partial charge in [-0.15, -0.1) is 0 Å². The summed E-state index contributed by atoms with van der Waals surface area (Å²) >= 11 is 3.44. The first kappa shape index (κ1) is 12.0. The average molecular weight is 322 g/mol. The van der Waals surface area contributed by atoms with Crippen LogP contribution in [0.15, 0.2) is 52.1 Å². The first-order valence-electron chi connectivity index (χ1n) is 5.80. The summed E-state index contributed by atoms with van der Waals surface area (Å²) in [5.41, 5.74) is 3.13. The summed E-state index contributed by atoms with van der Waals surface area (Å²) in [4.78, 5) is 20.3. The van der Waals surface area contributed by atoms with E-state index in [9.17, 15) is 4.79 Å². The van der Waals surface area contributed by atoms with Gasteiger partial charge in [-0.3, -0.25) is 14.8 Å². The summed E-state index contributed by atoms with van der Waals surface area (Å²) < 4.78 is 0.936. The predicted octanol–water partition coefficient (Wildman–Crippen LogP) is 2.63. The third-order valence-corrected chi connectivity index (χ3v) is 3.29. The number of anilines is 1. The third kappa shape index (κ3) is 2.42. The average Bonchev–Trinajstić information content (AvgIpc) is 2.58. The van der Waals surface area contributed by atoms with E-state index in [0.29, 0.717) is 0 Å². The number of aliphatic imine (C=N–C) groups is 1. The van der Waals surface area contributed by atoms with E-state index < -0.39 is 0 Å². The largest absolute Gasteiger partial charge is 0.324 e. The number of amides is 1. The zero-order chi connectivity index (χ0) is 13.2. The Morgan fingerprint density at radius 3 is 2.89 bits per heavy atom. The second-order valence-electron chi connectivity index (χ2n) is 4.12. The van der Waals surface area contributed by atoms with Crippen molar-refractivity contribution < 1.29 is 4.79 Å². The molecule has 0 aliphatic carbocycles. The van der Waals surface area contributed by atoms with Crippen LogP contribution in [-0.4, -0.2) is 23.1 Å². The molecule has 1 amide bonds. The molecular formula is C14H10BrN3O. The fourth-order valence-corrected chi connectivity index (χ4v) is 2.33. The molecule has 2 aromatic rings. The Morgan fingerprint density at radius 2 is 2.11 bits per heavy atom. The van der Waals surface area contributed by atoms with Gasteiger partial charge in [-0.2, -0.15) is 0 Å². The number of carbonyl (C=O) groups is 1. The van der Waals surface area contributed by atoms with Gasteiger partial charge in [-0.25, -0.2) is 0 Å². The molecule has 19 heavy (non-hydrogen) atoms. The summed E-state index contributed by atoms with van der Waals surface area (Å²) in [5, 5.41) is 2.85. The summed E-state index contributed by atoms with van der Waals surface area (Å²) in [6, 6.07) is 11.3. The van der Waals surface area contributed by atoms with Crippen molar-refractivity contribution in [2.75, 3.05) is 11.9 Å². The van der Waals surface area contributed by atoms with Gasteiger partial charge in [-0.05, 0) is 30.3 Å². The van der Waals surface area contributed by atoms with Crippen LogP contribution in [-0.2, 0) is 4.79 Å². The molecule has 0 fully saturated rings. The molecule has 3 rings (SSSR count). The second-order valence-corrected chi connectivity index (χ2v) is 5.03. The highest BCUT2D eigenvalue weighted by molar-refractivity contribution is 9.10. The standard InChI is InChI=1S/C14H10BrN3O/c15-9-4-5-11-10(7-9)14(17-8-13(19)18-11)12-3-1-2-6-16-12/h1-7H,8H2,(H,18,19)/i4+1,5+1,7+1,9+1,10+1,11+1. The molecule has 0 saturated heterocycles. The lowest BCUT2D eigenvalue weighted by Crippen LogP contribution is -2.13. The van der Waals surface area contributed by atoms with E-state index in [1.165, 1.54) is 0 Å². The Labute approximate surface area is 118 Å². The fraction of sp³-hybridized carbons (Fsp3) is 0.0714. The van der Waals surface area contributed by atoms with E-state index in [2.05, 4.69) is 31.2 Å². The maximum atomic E-state index is 11.7. The molecule has 1 aliphatic heterocycles. The number of carbonyl (C=O) groups excluding carboxylic acids is 1. The molecule has 0 radical (unpaired) electrons. The summed E-state index contributed by atoms with van der Waals surface area (Å²) in [6.07, 6.45) is 1.72. The molecule has 2 heterocycles. The lowest BCUT2D eigenvalue weighted by atomic mass is 10.3. The van der Waals surface area contributed by atoms with E-state index in [1.807, 2.05) is 36.4 Å². The number of hydrogen-bond acceptors (Lipinski definition) is 3. The molecule has 1 aliphatic rings. The van der Waals surface area contributed by atoms with Crippen molar-refractivity contribution in [1.29, 1.82) is 0 Å². The molecule has 1 N–H and O–H groups in total. The number of nitrogens with one attached hydrogen (secondary N) is 1. The zero-order valence-electron chi connectivity index (χ0n) is 9.93. The minimum Gasteiger partial charge on any atom is -0.324 e. The Kier molecular flexibility index (Phi) is 3.13. The molecule has 94 valence electrons. The van der Waals surface area contributed by atoms with Crippen LogP contribution in [0, 0.1) is 0 Å². The van der Waals surface area contributed by atoms with Gasteiger partial charge in [0.1, 0.15) is 6.54 Å². The number of pyridine rings is 1. The normalized spacial score (nSPS) is 14.2. The Morgan fingerprint density at radius 1 is 1.21 bits per heavy atom. The first-order chi connectivity index (χ1) is 9.24. The highest BCUT2D eigenvalue weighted by Gasteiger charge is 2.18. The molecular weight excluding hydrogens is 312 g/mol. The number of halogens is 1. The molecule has 1 aromatic carbocycles. The number of aromatic nitrogens is 1. The van der Waals surface area contributed by atoms with Crippen molar-refractivity contribution in [3.8, 4) is 0 Å². The molecule has 0 atom stereocenters. The topological polar surface area (TPSA) is 54.4 Å². The van der Waals surface area contributed by atoms with Gasteiger partial charge < -0.3 is 5.32 Å². The highest BCUT2D eigenvalue weighted by Crippen LogP contribution is 2.25. The first-order valence-corrected chi connectivity index (χ1v) is 6.59. The minimum atomic E-state index is -0.116. The summed E-state index contributed by atoms with van der Waals surface area (Å²) in [5.74, 6) is -0.116. The smallest absolute Gasteiger partial charge is 0.246 e. The van der Waals surface area contributed by atoms with Crippen LogP contribution in [0.1, 0.15) is 11.3 Å². The van der Waals surface area contributed by atoms with Crippen molar-refractivity contribution >= 4 is 33.2 Å². The van der Waals surface area contributed by atoms with Gasteiger partial charge in [0.05, 0.1) is 17.1 Å². The van der Waals surface area contributed by atoms with E-state index in [1.54, 1.807) is 6.20 Å². The number of hydrogen-bond donors (Lipinski definition) is 1.